The summed E-state index contributed by atoms with van der Waals surface area (Å²) in [5, 5.41) is 0. The van der Waals surface area contributed by atoms with Crippen LogP contribution >= 0.6 is 0 Å². The van der Waals surface area contributed by atoms with Gasteiger partial charge >= 0.3 is 5.97 Å². The third kappa shape index (κ3) is 9.39. The van der Waals surface area contributed by atoms with E-state index in [1.807, 2.05) is 34.6 Å². The smallest absolute Gasteiger partial charge is 0.306 e. The van der Waals surface area contributed by atoms with Gasteiger partial charge in [-0.3, -0.25) is 19.2 Å². The molecule has 3 unspecified atom stereocenters. The quantitative estimate of drug-likeness (QED) is 0.178. The highest BCUT2D eigenvalue weighted by atomic mass is 16.5. The lowest BCUT2D eigenvalue weighted by molar-refractivity contribution is -0.146. The predicted octanol–water partition coefficient (Wildman–Crippen LogP) is 7.77. The Balaban J connectivity index is 2.30. The van der Waals surface area contributed by atoms with Crippen LogP contribution in [-0.4, -0.2) is 29.9 Å². The van der Waals surface area contributed by atoms with Gasteiger partial charge in [0, 0.05) is 24.3 Å². The lowest BCUT2D eigenvalue weighted by atomic mass is 9.70. The Bertz CT molecular complexity index is 1040. The highest BCUT2D eigenvalue weighted by Crippen LogP contribution is 2.40. The van der Waals surface area contributed by atoms with E-state index in [4.69, 9.17) is 4.74 Å². The molecule has 39 heavy (non-hydrogen) atoms. The van der Waals surface area contributed by atoms with E-state index < -0.39 is 0 Å². The zero-order valence-electron chi connectivity index (χ0n) is 26.0. The number of hydrogen-bond donors (Lipinski definition) is 0. The number of carbonyl (C=O) groups excluding carboxylic acids is 4. The first kappa shape index (κ1) is 32.9. The number of esters is 1. The highest BCUT2D eigenvalue weighted by molar-refractivity contribution is 6.01. The molecule has 1 aliphatic carbocycles. The minimum Gasteiger partial charge on any atom is -0.465 e. The second kappa shape index (κ2) is 14.4. The fraction of sp³-hybridized carbons (Fsp3) is 0.706. The third-order valence-electron chi connectivity index (χ3n) is 8.11. The number of ketones is 3. The van der Waals surface area contributed by atoms with Crippen LogP contribution < -0.4 is 0 Å². The molecular formula is C34H52O5. The Morgan fingerprint density at radius 1 is 1.10 bits per heavy atom. The standard InChI is InChI=1S/C34H52O5/c1-10-12-26(27(11-2)30(36)15-22(5)35)16-24-17-29-28(21(3)4)19-25(23(6)33(29)31(37)18-24)13-14-32(38)39-20-34(7,8)9/h19,21,24,26-27H,10-18,20H2,1-9H3. The normalized spacial score (nSPS) is 17.1. The fourth-order valence-corrected chi connectivity index (χ4v) is 6.27. The van der Waals surface area contributed by atoms with E-state index in [9.17, 15) is 19.2 Å². The highest BCUT2D eigenvalue weighted by Gasteiger charge is 2.34. The molecule has 218 valence electrons. The number of aryl methyl sites for hydroxylation is 1. The summed E-state index contributed by atoms with van der Waals surface area (Å²) in [6, 6.07) is 2.21. The summed E-state index contributed by atoms with van der Waals surface area (Å²) in [5.74, 6) is 0.453. The summed E-state index contributed by atoms with van der Waals surface area (Å²) in [6.45, 7) is 18.5. The molecule has 0 bridgehead atoms. The van der Waals surface area contributed by atoms with Crippen molar-refractivity contribution in [1.29, 1.82) is 0 Å². The molecule has 0 N–H and O–H groups in total. The van der Waals surface area contributed by atoms with Crippen LogP contribution in [0.15, 0.2) is 6.07 Å². The molecule has 5 nitrogen and oxygen atoms in total. The average molecular weight is 541 g/mol. The summed E-state index contributed by atoms with van der Waals surface area (Å²) in [4.78, 5) is 50.6. The molecule has 0 spiro atoms. The fourth-order valence-electron chi connectivity index (χ4n) is 6.27. The van der Waals surface area contributed by atoms with Crippen molar-refractivity contribution in [2.24, 2.45) is 23.2 Å². The Hall–Kier alpha value is -2.30. The van der Waals surface area contributed by atoms with Gasteiger partial charge in [0.05, 0.1) is 13.0 Å². The summed E-state index contributed by atoms with van der Waals surface area (Å²) in [6.07, 6.45) is 5.66. The first-order chi connectivity index (χ1) is 18.2. The summed E-state index contributed by atoms with van der Waals surface area (Å²) in [7, 11) is 0. The van der Waals surface area contributed by atoms with Gasteiger partial charge in [-0.2, -0.15) is 0 Å². The number of hydrogen-bond acceptors (Lipinski definition) is 5. The van der Waals surface area contributed by atoms with Crippen LogP contribution in [0.4, 0.5) is 0 Å². The van der Waals surface area contributed by atoms with Crippen molar-refractivity contribution in [3.8, 4) is 0 Å². The SMILES string of the molecule is CCCC(CC1CC(=O)c2c(C)c(CCC(=O)OCC(C)(C)C)cc(C(C)C)c2C1)C(CC)C(=O)CC(C)=O. The van der Waals surface area contributed by atoms with Gasteiger partial charge in [-0.1, -0.05) is 67.4 Å². The van der Waals surface area contributed by atoms with E-state index in [-0.39, 0.29) is 58.8 Å². The zero-order chi connectivity index (χ0) is 29.5. The number of carbonyl (C=O) groups is 4. The number of Topliss-reactive ketones (excluding diaryl/α,β-unsaturated/α-hetero) is 3. The summed E-state index contributed by atoms with van der Waals surface area (Å²) in [5.41, 5.74) is 5.18. The van der Waals surface area contributed by atoms with Crippen LogP contribution in [0.5, 0.6) is 0 Å². The third-order valence-corrected chi connectivity index (χ3v) is 8.11. The van der Waals surface area contributed by atoms with Crippen molar-refractivity contribution in [2.75, 3.05) is 6.61 Å². The van der Waals surface area contributed by atoms with Gasteiger partial charge in [0.15, 0.2) is 5.78 Å². The number of benzene rings is 1. The summed E-state index contributed by atoms with van der Waals surface area (Å²) < 4.78 is 5.47. The Labute approximate surface area is 236 Å². The lowest BCUT2D eigenvalue weighted by Gasteiger charge is -2.33. The number of rotatable bonds is 14. The molecule has 3 atom stereocenters. The molecule has 1 aromatic carbocycles. The van der Waals surface area contributed by atoms with Gasteiger partial charge in [-0.05, 0) is 85.0 Å². The van der Waals surface area contributed by atoms with Crippen molar-refractivity contribution >= 4 is 23.3 Å². The number of ether oxygens (including phenoxy) is 1. The molecule has 5 heteroatoms. The second-order valence-electron chi connectivity index (χ2n) is 13.3. The van der Waals surface area contributed by atoms with Crippen molar-refractivity contribution in [2.45, 2.75) is 126 Å². The van der Waals surface area contributed by atoms with E-state index in [0.29, 0.717) is 25.9 Å². The largest absolute Gasteiger partial charge is 0.465 e. The molecule has 0 aliphatic heterocycles. The molecule has 0 heterocycles. The maximum atomic E-state index is 13.6. The molecule has 1 aromatic rings. The van der Waals surface area contributed by atoms with E-state index in [1.54, 1.807) is 0 Å². The van der Waals surface area contributed by atoms with Gasteiger partial charge in [0.2, 0.25) is 0 Å². The Kier molecular flexibility index (Phi) is 12.1. The van der Waals surface area contributed by atoms with Gasteiger partial charge < -0.3 is 4.74 Å². The Morgan fingerprint density at radius 2 is 1.77 bits per heavy atom. The minimum atomic E-state index is -0.203. The summed E-state index contributed by atoms with van der Waals surface area (Å²) >= 11 is 0. The van der Waals surface area contributed by atoms with E-state index in [1.165, 1.54) is 12.5 Å². The topological polar surface area (TPSA) is 77.5 Å². The Morgan fingerprint density at radius 3 is 2.31 bits per heavy atom. The molecular weight excluding hydrogens is 488 g/mol. The van der Waals surface area contributed by atoms with Gasteiger partial charge in [-0.25, -0.2) is 0 Å². The first-order valence-electron chi connectivity index (χ1n) is 15.0. The van der Waals surface area contributed by atoms with Crippen molar-refractivity contribution in [3.05, 3.63) is 33.9 Å². The second-order valence-corrected chi connectivity index (χ2v) is 13.3. The maximum absolute atomic E-state index is 13.6. The maximum Gasteiger partial charge on any atom is 0.306 e. The van der Waals surface area contributed by atoms with Crippen molar-refractivity contribution in [1.82, 2.24) is 0 Å². The van der Waals surface area contributed by atoms with Crippen LogP contribution in [0.2, 0.25) is 0 Å². The van der Waals surface area contributed by atoms with Crippen molar-refractivity contribution < 1.29 is 23.9 Å². The molecule has 0 fully saturated rings. The number of fused-ring (bicyclic) bond motifs is 1. The van der Waals surface area contributed by atoms with Crippen LogP contribution in [0.25, 0.3) is 0 Å². The van der Waals surface area contributed by atoms with Gasteiger partial charge in [0.25, 0.3) is 0 Å². The van der Waals surface area contributed by atoms with Gasteiger partial charge in [-0.15, -0.1) is 0 Å². The van der Waals surface area contributed by atoms with E-state index >= 15 is 0 Å². The molecule has 1 aliphatic rings. The molecule has 0 saturated carbocycles. The lowest BCUT2D eigenvalue weighted by Crippen LogP contribution is -2.30. The molecule has 0 aromatic heterocycles. The van der Waals surface area contributed by atoms with Crippen LogP contribution in [0.3, 0.4) is 0 Å². The zero-order valence-corrected chi connectivity index (χ0v) is 26.0. The van der Waals surface area contributed by atoms with E-state index in [0.717, 1.165) is 54.4 Å². The van der Waals surface area contributed by atoms with Crippen LogP contribution in [0, 0.1) is 30.1 Å². The van der Waals surface area contributed by atoms with Crippen LogP contribution in [-0.2, 0) is 32.0 Å². The van der Waals surface area contributed by atoms with Crippen molar-refractivity contribution in [3.63, 3.8) is 0 Å². The predicted molar refractivity (Wildman–Crippen MR) is 157 cm³/mol. The monoisotopic (exact) mass is 540 g/mol. The van der Waals surface area contributed by atoms with Crippen LogP contribution in [0.1, 0.15) is 139 Å². The molecule has 0 amide bonds. The first-order valence-corrected chi connectivity index (χ1v) is 15.0. The minimum absolute atomic E-state index is 0.00830. The van der Waals surface area contributed by atoms with E-state index in [2.05, 4.69) is 26.8 Å². The molecule has 0 radical (unpaired) electrons. The average Bonchev–Trinajstić information content (AvgIpc) is 2.81. The molecule has 2 rings (SSSR count). The van der Waals surface area contributed by atoms with Gasteiger partial charge in [0.1, 0.15) is 11.6 Å². The molecule has 0 saturated heterocycles.